The van der Waals surface area contributed by atoms with Crippen LogP contribution in [0, 0.1) is 0 Å². The number of pyridine rings is 1. The van der Waals surface area contributed by atoms with E-state index in [9.17, 15) is 18.0 Å². The highest BCUT2D eigenvalue weighted by molar-refractivity contribution is 5.87. The van der Waals surface area contributed by atoms with E-state index in [0.717, 1.165) is 4.68 Å². The first kappa shape index (κ1) is 17.8. The van der Waals surface area contributed by atoms with Crippen LogP contribution in [0.5, 0.6) is 11.5 Å². The van der Waals surface area contributed by atoms with Crippen LogP contribution in [0.1, 0.15) is 11.3 Å². The highest BCUT2D eigenvalue weighted by Crippen LogP contribution is 2.33. The first-order valence-corrected chi connectivity index (χ1v) is 7.59. The Morgan fingerprint density at radius 2 is 1.92 bits per heavy atom. The van der Waals surface area contributed by atoms with E-state index in [1.165, 1.54) is 44.3 Å². The van der Waals surface area contributed by atoms with Gasteiger partial charge in [0.1, 0.15) is 17.2 Å². The van der Waals surface area contributed by atoms with Gasteiger partial charge in [0.25, 0.3) is 0 Å². The average molecular weight is 367 g/mol. The number of aromatic nitrogens is 3. The molecule has 0 N–H and O–H groups in total. The summed E-state index contributed by atoms with van der Waals surface area (Å²) in [6, 6.07) is 4.43. The Bertz CT molecular complexity index is 1020. The van der Waals surface area contributed by atoms with Crippen LogP contribution in [-0.4, -0.2) is 28.6 Å². The lowest BCUT2D eigenvalue weighted by atomic mass is 10.1. The van der Waals surface area contributed by atoms with E-state index < -0.39 is 11.9 Å². The van der Waals surface area contributed by atoms with Gasteiger partial charge in [-0.25, -0.2) is 0 Å². The monoisotopic (exact) mass is 367 g/mol. The largest absolute Gasteiger partial charge is 0.497 e. The fraction of sp³-hybridized carbons (Fsp3) is 0.294. The number of ether oxygens (including phenoxy) is 2. The van der Waals surface area contributed by atoms with Crippen molar-refractivity contribution in [3.05, 3.63) is 52.1 Å². The van der Waals surface area contributed by atoms with Crippen LogP contribution in [0.3, 0.4) is 0 Å². The van der Waals surface area contributed by atoms with Crippen LogP contribution in [0.4, 0.5) is 13.2 Å². The Hall–Kier alpha value is -2.97. The molecule has 0 aliphatic rings. The SMILES string of the molecule is COc1cc(OC)c2c(=O)ccn(Cc3cnn(C)c3C(F)(F)F)c2c1. The molecule has 9 heteroatoms. The van der Waals surface area contributed by atoms with Gasteiger partial charge in [-0.2, -0.15) is 18.3 Å². The molecule has 0 fully saturated rings. The zero-order valence-corrected chi connectivity index (χ0v) is 14.3. The molecule has 3 aromatic rings. The maximum absolute atomic E-state index is 13.3. The Balaban J connectivity index is 2.22. The summed E-state index contributed by atoms with van der Waals surface area (Å²) in [4.78, 5) is 12.3. The third kappa shape index (κ3) is 3.00. The molecule has 6 nitrogen and oxygen atoms in total. The van der Waals surface area contributed by atoms with Gasteiger partial charge in [-0.3, -0.25) is 9.48 Å². The molecular formula is C17H16F3N3O3. The Kier molecular flexibility index (Phi) is 4.39. The number of alkyl halides is 3. The molecule has 0 atom stereocenters. The molecular weight excluding hydrogens is 351 g/mol. The van der Waals surface area contributed by atoms with Gasteiger partial charge in [0.05, 0.1) is 37.9 Å². The lowest BCUT2D eigenvalue weighted by Gasteiger charge is -2.15. The first-order chi connectivity index (χ1) is 12.3. The quantitative estimate of drug-likeness (QED) is 0.712. The van der Waals surface area contributed by atoms with Crippen LogP contribution in [0.2, 0.25) is 0 Å². The zero-order chi connectivity index (χ0) is 19.1. The summed E-state index contributed by atoms with van der Waals surface area (Å²) >= 11 is 0. The minimum absolute atomic E-state index is 0.00765. The van der Waals surface area contributed by atoms with Crippen molar-refractivity contribution in [2.75, 3.05) is 14.2 Å². The number of nitrogens with zero attached hydrogens (tertiary/aromatic N) is 3. The number of methoxy groups -OCH3 is 2. The Morgan fingerprint density at radius 1 is 1.19 bits per heavy atom. The molecule has 1 aromatic carbocycles. The third-order valence-electron chi connectivity index (χ3n) is 4.10. The van der Waals surface area contributed by atoms with E-state index in [-0.39, 0.29) is 22.9 Å². The van der Waals surface area contributed by atoms with Crippen molar-refractivity contribution >= 4 is 10.9 Å². The number of hydrogen-bond acceptors (Lipinski definition) is 4. The first-order valence-electron chi connectivity index (χ1n) is 7.59. The normalized spacial score (nSPS) is 11.8. The summed E-state index contributed by atoms with van der Waals surface area (Å²) in [6.45, 7) is -0.115. The molecule has 0 amide bonds. The van der Waals surface area contributed by atoms with E-state index in [1.807, 2.05) is 0 Å². The second-order valence-electron chi connectivity index (χ2n) is 5.67. The van der Waals surface area contributed by atoms with Gasteiger partial charge in [0, 0.05) is 37.0 Å². The summed E-state index contributed by atoms with van der Waals surface area (Å²) in [5, 5.41) is 3.99. The van der Waals surface area contributed by atoms with Gasteiger partial charge in [0.15, 0.2) is 5.43 Å². The summed E-state index contributed by atoms with van der Waals surface area (Å²) < 4.78 is 52.7. The van der Waals surface area contributed by atoms with E-state index in [0.29, 0.717) is 17.0 Å². The van der Waals surface area contributed by atoms with Crippen molar-refractivity contribution in [1.82, 2.24) is 14.3 Å². The number of aryl methyl sites for hydroxylation is 1. The van der Waals surface area contributed by atoms with Crippen molar-refractivity contribution in [3.63, 3.8) is 0 Å². The molecule has 138 valence electrons. The molecule has 3 rings (SSSR count). The fourth-order valence-electron chi connectivity index (χ4n) is 2.94. The van der Waals surface area contributed by atoms with Gasteiger partial charge in [-0.1, -0.05) is 0 Å². The second kappa shape index (κ2) is 6.40. The van der Waals surface area contributed by atoms with E-state index in [4.69, 9.17) is 9.47 Å². The van der Waals surface area contributed by atoms with Crippen LogP contribution in [0.25, 0.3) is 10.9 Å². The van der Waals surface area contributed by atoms with Gasteiger partial charge in [-0.05, 0) is 0 Å². The third-order valence-corrected chi connectivity index (χ3v) is 4.10. The van der Waals surface area contributed by atoms with E-state index in [1.54, 1.807) is 12.1 Å². The minimum Gasteiger partial charge on any atom is -0.497 e. The Labute approximate surface area is 146 Å². The average Bonchev–Trinajstić information content (AvgIpc) is 2.96. The topological polar surface area (TPSA) is 58.3 Å². The molecule has 0 bridgehead atoms. The van der Waals surface area contributed by atoms with E-state index >= 15 is 0 Å². The molecule has 0 saturated carbocycles. The smallest absolute Gasteiger partial charge is 0.433 e. The summed E-state index contributed by atoms with van der Waals surface area (Å²) in [5.74, 6) is 0.719. The minimum atomic E-state index is -4.54. The van der Waals surface area contributed by atoms with Crippen LogP contribution < -0.4 is 14.9 Å². The zero-order valence-electron chi connectivity index (χ0n) is 14.3. The highest BCUT2D eigenvalue weighted by Gasteiger charge is 2.37. The predicted molar refractivity (Wildman–Crippen MR) is 88.6 cm³/mol. The molecule has 2 aromatic heterocycles. The standard InChI is InChI=1S/C17H16F3N3O3/c1-22-16(17(18,19)20)10(8-21-22)9-23-5-4-13(24)15-12(23)6-11(25-2)7-14(15)26-3/h4-8H,9H2,1-3H3. The summed E-state index contributed by atoms with van der Waals surface area (Å²) in [5.41, 5.74) is -0.727. The molecule has 2 heterocycles. The second-order valence-corrected chi connectivity index (χ2v) is 5.67. The van der Waals surface area contributed by atoms with Crippen LogP contribution in [0.15, 0.2) is 35.4 Å². The van der Waals surface area contributed by atoms with Crippen molar-refractivity contribution in [2.45, 2.75) is 12.7 Å². The van der Waals surface area contributed by atoms with Gasteiger partial charge in [0.2, 0.25) is 0 Å². The van der Waals surface area contributed by atoms with Crippen molar-refractivity contribution in [1.29, 1.82) is 0 Å². The molecule has 0 unspecified atom stereocenters. The predicted octanol–water partition coefficient (Wildman–Crippen LogP) is 2.82. The van der Waals surface area contributed by atoms with Crippen LogP contribution >= 0.6 is 0 Å². The van der Waals surface area contributed by atoms with Gasteiger partial charge in [-0.15, -0.1) is 0 Å². The molecule has 26 heavy (non-hydrogen) atoms. The van der Waals surface area contributed by atoms with E-state index in [2.05, 4.69) is 5.10 Å². The van der Waals surface area contributed by atoms with Crippen molar-refractivity contribution in [2.24, 2.45) is 7.05 Å². The molecule has 0 aliphatic heterocycles. The fourth-order valence-corrected chi connectivity index (χ4v) is 2.94. The maximum Gasteiger partial charge on any atom is 0.433 e. The van der Waals surface area contributed by atoms with Crippen LogP contribution in [-0.2, 0) is 19.8 Å². The molecule has 0 saturated heterocycles. The number of hydrogen-bond donors (Lipinski definition) is 0. The Morgan fingerprint density at radius 3 is 2.54 bits per heavy atom. The van der Waals surface area contributed by atoms with Crippen molar-refractivity contribution < 1.29 is 22.6 Å². The number of benzene rings is 1. The molecule has 0 aliphatic carbocycles. The van der Waals surface area contributed by atoms with Crippen molar-refractivity contribution in [3.8, 4) is 11.5 Å². The lowest BCUT2D eigenvalue weighted by Crippen LogP contribution is -2.16. The number of halogens is 3. The summed E-state index contributed by atoms with van der Waals surface area (Å²) in [7, 11) is 4.10. The number of rotatable bonds is 4. The molecule has 0 spiro atoms. The van der Waals surface area contributed by atoms with Gasteiger partial charge >= 0.3 is 6.18 Å². The summed E-state index contributed by atoms with van der Waals surface area (Å²) in [6.07, 6.45) is -1.92. The lowest BCUT2D eigenvalue weighted by molar-refractivity contribution is -0.144. The highest BCUT2D eigenvalue weighted by atomic mass is 19.4. The number of fused-ring (bicyclic) bond motifs is 1. The van der Waals surface area contributed by atoms with Gasteiger partial charge < -0.3 is 14.0 Å². The molecule has 0 radical (unpaired) electrons. The maximum atomic E-state index is 13.3.